The number of thiocarbonyl (C=S) groups is 1. The predicted octanol–water partition coefficient (Wildman–Crippen LogP) is 1.61. The maximum atomic E-state index is 11.9. The zero-order valence-corrected chi connectivity index (χ0v) is 11.5. The second-order valence-electron chi connectivity index (χ2n) is 3.71. The Morgan fingerprint density at radius 3 is 2.45 bits per heavy atom. The van der Waals surface area contributed by atoms with E-state index in [4.69, 9.17) is 17.0 Å². The van der Waals surface area contributed by atoms with Crippen LogP contribution in [0.2, 0.25) is 0 Å². The van der Waals surface area contributed by atoms with E-state index < -0.39 is 0 Å². The van der Waals surface area contributed by atoms with Crippen molar-refractivity contribution in [2.75, 3.05) is 12.4 Å². The summed E-state index contributed by atoms with van der Waals surface area (Å²) in [7, 11) is 1.56. The van der Waals surface area contributed by atoms with E-state index in [9.17, 15) is 4.79 Å². The summed E-state index contributed by atoms with van der Waals surface area (Å²) < 4.78 is 5.02. The number of hydrogen-bond acceptors (Lipinski definition) is 5. The Hall–Kier alpha value is -2.54. The number of benzene rings is 1. The third kappa shape index (κ3) is 3.72. The average molecular weight is 288 g/mol. The van der Waals surface area contributed by atoms with Crippen molar-refractivity contribution in [2.45, 2.75) is 0 Å². The van der Waals surface area contributed by atoms with Crippen molar-refractivity contribution >= 4 is 29.2 Å². The maximum Gasteiger partial charge on any atom is 0.257 e. The summed E-state index contributed by atoms with van der Waals surface area (Å²) in [6, 6.07) is 8.38. The van der Waals surface area contributed by atoms with E-state index in [2.05, 4.69) is 20.6 Å². The van der Waals surface area contributed by atoms with Crippen LogP contribution >= 0.6 is 12.2 Å². The Kier molecular flexibility index (Phi) is 4.56. The van der Waals surface area contributed by atoms with Crippen molar-refractivity contribution in [3.63, 3.8) is 0 Å². The fraction of sp³-hybridized carbons (Fsp3) is 0.0769. The monoisotopic (exact) mass is 288 g/mol. The number of rotatable bonds is 3. The van der Waals surface area contributed by atoms with Crippen molar-refractivity contribution in [1.29, 1.82) is 0 Å². The minimum absolute atomic E-state index is 0.136. The second kappa shape index (κ2) is 6.58. The van der Waals surface area contributed by atoms with Crippen LogP contribution in [-0.2, 0) is 0 Å². The molecule has 7 heteroatoms. The molecule has 1 aromatic heterocycles. The quantitative estimate of drug-likeness (QED) is 0.836. The van der Waals surface area contributed by atoms with Gasteiger partial charge in [0.2, 0.25) is 5.95 Å². The second-order valence-corrected chi connectivity index (χ2v) is 4.12. The third-order valence-corrected chi connectivity index (χ3v) is 2.57. The van der Waals surface area contributed by atoms with Crippen LogP contribution in [0.3, 0.4) is 0 Å². The van der Waals surface area contributed by atoms with Gasteiger partial charge in [0, 0.05) is 18.0 Å². The van der Waals surface area contributed by atoms with Crippen LogP contribution in [0.4, 0.5) is 5.95 Å². The first-order valence-electron chi connectivity index (χ1n) is 5.72. The van der Waals surface area contributed by atoms with Gasteiger partial charge < -0.3 is 10.1 Å². The van der Waals surface area contributed by atoms with Crippen molar-refractivity contribution in [3.05, 3.63) is 48.3 Å². The highest BCUT2D eigenvalue weighted by Gasteiger charge is 2.08. The number of aromatic nitrogens is 2. The molecule has 0 aliphatic carbocycles. The molecule has 1 heterocycles. The summed E-state index contributed by atoms with van der Waals surface area (Å²) in [5.41, 5.74) is 0.476. The number of carbonyl (C=O) groups excluding carboxylic acids is 1. The first-order chi connectivity index (χ1) is 9.69. The lowest BCUT2D eigenvalue weighted by molar-refractivity contribution is 0.0977. The molecule has 0 radical (unpaired) electrons. The Bertz CT molecular complexity index is 602. The number of nitrogens with one attached hydrogen (secondary N) is 2. The van der Waals surface area contributed by atoms with E-state index in [1.807, 2.05) is 0 Å². The highest BCUT2D eigenvalue weighted by Crippen LogP contribution is 2.11. The van der Waals surface area contributed by atoms with Crippen LogP contribution < -0.4 is 15.4 Å². The van der Waals surface area contributed by atoms with Gasteiger partial charge in [0.05, 0.1) is 7.11 Å². The summed E-state index contributed by atoms with van der Waals surface area (Å²) in [5, 5.41) is 5.40. The van der Waals surface area contributed by atoms with Crippen LogP contribution in [0, 0.1) is 0 Å². The van der Waals surface area contributed by atoms with Gasteiger partial charge in [0.1, 0.15) is 5.75 Å². The number of methoxy groups -OCH3 is 1. The number of anilines is 1. The molecule has 1 aromatic carbocycles. The molecular weight excluding hydrogens is 276 g/mol. The molecule has 2 rings (SSSR count). The Labute approximate surface area is 121 Å². The van der Waals surface area contributed by atoms with E-state index in [0.717, 1.165) is 0 Å². The SMILES string of the molecule is COc1ccc(C(=O)NC(=S)Nc2ncccn2)cc1. The lowest BCUT2D eigenvalue weighted by Gasteiger charge is -2.08. The van der Waals surface area contributed by atoms with E-state index in [1.165, 1.54) is 0 Å². The van der Waals surface area contributed by atoms with Crippen molar-refractivity contribution < 1.29 is 9.53 Å². The number of ether oxygens (including phenoxy) is 1. The Morgan fingerprint density at radius 2 is 1.85 bits per heavy atom. The number of hydrogen-bond donors (Lipinski definition) is 2. The van der Waals surface area contributed by atoms with Gasteiger partial charge in [-0.25, -0.2) is 9.97 Å². The largest absolute Gasteiger partial charge is 0.497 e. The molecule has 0 spiro atoms. The molecule has 0 saturated heterocycles. The molecule has 0 atom stereocenters. The summed E-state index contributed by atoms with van der Waals surface area (Å²) in [4.78, 5) is 19.8. The van der Waals surface area contributed by atoms with E-state index in [-0.39, 0.29) is 11.0 Å². The summed E-state index contributed by atoms with van der Waals surface area (Å²) in [6.45, 7) is 0. The molecular formula is C13H12N4O2S. The fourth-order valence-electron chi connectivity index (χ4n) is 1.41. The van der Waals surface area contributed by atoms with Gasteiger partial charge in [-0.3, -0.25) is 10.1 Å². The van der Waals surface area contributed by atoms with E-state index in [1.54, 1.807) is 49.8 Å². The summed E-state index contributed by atoms with van der Waals surface area (Å²) in [5.74, 6) is 0.688. The number of nitrogens with zero attached hydrogens (tertiary/aromatic N) is 2. The zero-order valence-electron chi connectivity index (χ0n) is 10.7. The molecule has 2 aromatic rings. The number of carbonyl (C=O) groups is 1. The van der Waals surface area contributed by atoms with E-state index in [0.29, 0.717) is 17.3 Å². The average Bonchev–Trinajstić information content (AvgIpc) is 2.48. The molecule has 0 saturated carbocycles. The van der Waals surface area contributed by atoms with Gasteiger partial charge in [-0.15, -0.1) is 0 Å². The Balaban J connectivity index is 1.95. The van der Waals surface area contributed by atoms with Gasteiger partial charge in [-0.05, 0) is 42.5 Å². The topological polar surface area (TPSA) is 76.1 Å². The van der Waals surface area contributed by atoms with Gasteiger partial charge in [0.25, 0.3) is 5.91 Å². The number of amides is 1. The molecule has 102 valence electrons. The van der Waals surface area contributed by atoms with Gasteiger partial charge >= 0.3 is 0 Å². The van der Waals surface area contributed by atoms with Gasteiger partial charge in [0.15, 0.2) is 5.11 Å². The highest BCUT2D eigenvalue weighted by molar-refractivity contribution is 7.80. The van der Waals surface area contributed by atoms with Crippen LogP contribution in [0.1, 0.15) is 10.4 Å². The molecule has 0 unspecified atom stereocenters. The Morgan fingerprint density at radius 1 is 1.20 bits per heavy atom. The molecule has 6 nitrogen and oxygen atoms in total. The molecule has 1 amide bonds. The van der Waals surface area contributed by atoms with Crippen LogP contribution in [-0.4, -0.2) is 28.1 Å². The molecule has 0 aliphatic rings. The normalized spacial score (nSPS) is 9.65. The minimum Gasteiger partial charge on any atom is -0.497 e. The molecule has 2 N–H and O–H groups in total. The van der Waals surface area contributed by atoms with Crippen molar-refractivity contribution in [2.24, 2.45) is 0 Å². The van der Waals surface area contributed by atoms with Crippen molar-refractivity contribution in [1.82, 2.24) is 15.3 Å². The van der Waals surface area contributed by atoms with Gasteiger partial charge in [-0.2, -0.15) is 0 Å². The fourth-order valence-corrected chi connectivity index (χ4v) is 1.60. The molecule has 20 heavy (non-hydrogen) atoms. The van der Waals surface area contributed by atoms with E-state index >= 15 is 0 Å². The summed E-state index contributed by atoms with van der Waals surface area (Å²) in [6.07, 6.45) is 3.15. The predicted molar refractivity (Wildman–Crippen MR) is 78.7 cm³/mol. The van der Waals surface area contributed by atoms with Gasteiger partial charge in [-0.1, -0.05) is 0 Å². The first kappa shape index (κ1) is 13.9. The molecule has 0 bridgehead atoms. The maximum absolute atomic E-state index is 11.9. The standard InChI is InChI=1S/C13H12N4O2S/c1-19-10-5-3-9(4-6-10)11(18)16-13(20)17-12-14-7-2-8-15-12/h2-8H,1H3,(H2,14,15,16,17,18,20). The summed E-state index contributed by atoms with van der Waals surface area (Å²) >= 11 is 5.01. The third-order valence-electron chi connectivity index (χ3n) is 2.37. The van der Waals surface area contributed by atoms with Crippen LogP contribution in [0.5, 0.6) is 5.75 Å². The lowest BCUT2D eigenvalue weighted by Crippen LogP contribution is -2.34. The lowest BCUT2D eigenvalue weighted by atomic mass is 10.2. The smallest absolute Gasteiger partial charge is 0.257 e. The minimum atomic E-state index is -0.318. The first-order valence-corrected chi connectivity index (χ1v) is 6.13. The molecule has 0 aliphatic heterocycles. The zero-order chi connectivity index (χ0) is 14.4. The van der Waals surface area contributed by atoms with Crippen LogP contribution in [0.25, 0.3) is 0 Å². The molecule has 0 fully saturated rings. The van der Waals surface area contributed by atoms with Crippen molar-refractivity contribution in [3.8, 4) is 5.75 Å². The highest BCUT2D eigenvalue weighted by atomic mass is 32.1. The van der Waals surface area contributed by atoms with Crippen LogP contribution in [0.15, 0.2) is 42.7 Å².